The Morgan fingerprint density at radius 3 is 3.35 bits per heavy atom. The van der Waals surface area contributed by atoms with Crippen molar-refractivity contribution in [3.05, 3.63) is 29.0 Å². The van der Waals surface area contributed by atoms with Crippen LogP contribution in [-0.2, 0) is 11.2 Å². The zero-order valence-electron chi connectivity index (χ0n) is 9.14. The van der Waals surface area contributed by atoms with Crippen LogP contribution in [0.2, 0.25) is 0 Å². The second-order valence-electron chi connectivity index (χ2n) is 4.08. The van der Waals surface area contributed by atoms with Crippen molar-refractivity contribution in [3.8, 4) is 0 Å². The summed E-state index contributed by atoms with van der Waals surface area (Å²) < 4.78 is 0. The molecule has 0 bridgehead atoms. The van der Waals surface area contributed by atoms with Gasteiger partial charge in [-0.1, -0.05) is 0 Å². The Morgan fingerprint density at radius 2 is 2.53 bits per heavy atom. The fraction of sp³-hybridized carbons (Fsp3) is 0.364. The third kappa shape index (κ3) is 1.95. The highest BCUT2D eigenvalue weighted by molar-refractivity contribution is 7.13. The highest BCUT2D eigenvalue weighted by atomic mass is 32.1. The number of aromatic nitrogens is 3. The lowest BCUT2D eigenvalue weighted by Crippen LogP contribution is -2.24. The number of carbonyl (C=O) groups is 1. The number of nitrogens with zero attached hydrogens (tertiary/aromatic N) is 2. The summed E-state index contributed by atoms with van der Waals surface area (Å²) in [5.41, 5.74) is 2.13. The van der Waals surface area contributed by atoms with Crippen LogP contribution >= 0.6 is 11.3 Å². The van der Waals surface area contributed by atoms with Crippen molar-refractivity contribution in [2.75, 3.05) is 5.32 Å². The lowest BCUT2D eigenvalue weighted by Gasteiger charge is -2.20. The normalized spacial score (nSPS) is 18.7. The Balaban J connectivity index is 1.80. The van der Waals surface area contributed by atoms with Gasteiger partial charge in [0.2, 0.25) is 5.91 Å². The summed E-state index contributed by atoms with van der Waals surface area (Å²) in [4.78, 5) is 16.2. The van der Waals surface area contributed by atoms with Crippen LogP contribution in [0.25, 0.3) is 0 Å². The van der Waals surface area contributed by atoms with E-state index in [9.17, 15) is 4.79 Å². The lowest BCUT2D eigenvalue weighted by atomic mass is 9.86. The Bertz CT molecular complexity index is 519. The van der Waals surface area contributed by atoms with Gasteiger partial charge >= 0.3 is 0 Å². The van der Waals surface area contributed by atoms with Gasteiger partial charge in [0, 0.05) is 22.8 Å². The fourth-order valence-corrected chi connectivity index (χ4v) is 2.74. The molecule has 0 fully saturated rings. The predicted molar refractivity (Wildman–Crippen MR) is 65.0 cm³/mol. The van der Waals surface area contributed by atoms with Gasteiger partial charge in [0.25, 0.3) is 0 Å². The maximum absolute atomic E-state index is 12.1. The number of rotatable bonds is 2. The Labute approximate surface area is 102 Å². The van der Waals surface area contributed by atoms with Crippen LogP contribution in [0.15, 0.2) is 17.8 Å². The van der Waals surface area contributed by atoms with Crippen molar-refractivity contribution in [3.63, 3.8) is 0 Å². The van der Waals surface area contributed by atoms with Gasteiger partial charge < -0.3 is 5.32 Å². The first-order valence-corrected chi connectivity index (χ1v) is 6.45. The highest BCUT2D eigenvalue weighted by Crippen LogP contribution is 2.31. The van der Waals surface area contributed by atoms with Crippen molar-refractivity contribution >= 4 is 22.4 Å². The second kappa shape index (κ2) is 4.29. The van der Waals surface area contributed by atoms with Crippen LogP contribution in [0.5, 0.6) is 0 Å². The molecule has 6 heteroatoms. The molecule has 3 rings (SSSR count). The Morgan fingerprint density at radius 1 is 1.59 bits per heavy atom. The molecule has 0 saturated heterocycles. The molecule has 1 amide bonds. The first-order chi connectivity index (χ1) is 8.34. The minimum atomic E-state index is -0.0959. The van der Waals surface area contributed by atoms with Gasteiger partial charge in [-0.15, -0.1) is 11.3 Å². The third-order valence-corrected chi connectivity index (χ3v) is 3.71. The van der Waals surface area contributed by atoms with E-state index >= 15 is 0 Å². The van der Waals surface area contributed by atoms with Crippen molar-refractivity contribution in [2.45, 2.75) is 25.2 Å². The maximum Gasteiger partial charge on any atom is 0.233 e. The molecule has 0 saturated carbocycles. The summed E-state index contributed by atoms with van der Waals surface area (Å²) in [6.07, 6.45) is 6.33. The maximum atomic E-state index is 12.1. The third-order valence-electron chi connectivity index (χ3n) is 3.03. The first kappa shape index (κ1) is 10.5. The number of amides is 1. The number of carbonyl (C=O) groups excluding carboxylic acids is 1. The lowest BCUT2D eigenvalue weighted by molar-refractivity contribution is -0.117. The van der Waals surface area contributed by atoms with Crippen LogP contribution < -0.4 is 5.32 Å². The van der Waals surface area contributed by atoms with Crippen molar-refractivity contribution in [1.29, 1.82) is 0 Å². The number of aromatic amines is 1. The molecule has 2 aromatic rings. The number of nitrogens with one attached hydrogen (secondary N) is 2. The zero-order chi connectivity index (χ0) is 11.7. The number of fused-ring (bicyclic) bond motifs is 1. The molecule has 2 heterocycles. The molecular formula is C11H12N4OS. The van der Waals surface area contributed by atoms with Gasteiger partial charge in [-0.25, -0.2) is 4.98 Å². The molecule has 0 aromatic carbocycles. The number of aryl methyl sites for hydroxylation is 1. The summed E-state index contributed by atoms with van der Waals surface area (Å²) in [6.45, 7) is 0. The van der Waals surface area contributed by atoms with Crippen molar-refractivity contribution in [2.24, 2.45) is 0 Å². The van der Waals surface area contributed by atoms with E-state index < -0.39 is 0 Å². The largest absolute Gasteiger partial charge is 0.301 e. The van der Waals surface area contributed by atoms with E-state index in [1.54, 1.807) is 12.4 Å². The van der Waals surface area contributed by atoms with Crippen LogP contribution in [0.3, 0.4) is 0 Å². The standard InChI is InChI=1S/C11H12N4OS/c16-10(14-11-12-4-5-17-11)7-2-1-3-9-8(7)6-13-15-9/h4-7H,1-3H2,(H,13,15)(H,12,14,16). The number of anilines is 1. The molecule has 1 aliphatic rings. The number of hydrogen-bond acceptors (Lipinski definition) is 4. The summed E-state index contributed by atoms with van der Waals surface area (Å²) in [6, 6.07) is 0. The average Bonchev–Trinajstić information content (AvgIpc) is 2.97. The second-order valence-corrected chi connectivity index (χ2v) is 4.97. The Hall–Kier alpha value is -1.69. The van der Waals surface area contributed by atoms with E-state index in [-0.39, 0.29) is 11.8 Å². The molecule has 17 heavy (non-hydrogen) atoms. The van der Waals surface area contributed by atoms with E-state index in [4.69, 9.17) is 0 Å². The summed E-state index contributed by atoms with van der Waals surface area (Å²) in [7, 11) is 0. The molecule has 2 aromatic heterocycles. The summed E-state index contributed by atoms with van der Waals surface area (Å²) >= 11 is 1.43. The van der Waals surface area contributed by atoms with Crippen LogP contribution in [0.1, 0.15) is 30.0 Å². The average molecular weight is 248 g/mol. The van der Waals surface area contributed by atoms with Gasteiger partial charge in [-0.3, -0.25) is 9.89 Å². The van der Waals surface area contributed by atoms with Crippen LogP contribution in [0, 0.1) is 0 Å². The van der Waals surface area contributed by atoms with Crippen molar-refractivity contribution < 1.29 is 4.79 Å². The highest BCUT2D eigenvalue weighted by Gasteiger charge is 2.28. The minimum Gasteiger partial charge on any atom is -0.301 e. The Kier molecular flexibility index (Phi) is 2.64. The first-order valence-electron chi connectivity index (χ1n) is 5.57. The number of H-pyrrole nitrogens is 1. The van der Waals surface area contributed by atoms with Crippen molar-refractivity contribution in [1.82, 2.24) is 15.2 Å². The van der Waals surface area contributed by atoms with E-state index in [2.05, 4.69) is 20.5 Å². The fourth-order valence-electron chi connectivity index (χ4n) is 2.21. The quantitative estimate of drug-likeness (QED) is 0.853. The van der Waals surface area contributed by atoms with Gasteiger partial charge in [0.15, 0.2) is 5.13 Å². The molecule has 2 N–H and O–H groups in total. The van der Waals surface area contributed by atoms with E-state index in [0.29, 0.717) is 5.13 Å². The minimum absolute atomic E-state index is 0.0160. The number of thiazole rings is 1. The van der Waals surface area contributed by atoms with Gasteiger partial charge in [-0.05, 0) is 19.3 Å². The molecule has 0 spiro atoms. The molecule has 0 radical (unpaired) electrons. The smallest absolute Gasteiger partial charge is 0.233 e. The molecule has 0 aliphatic heterocycles. The van der Waals surface area contributed by atoms with Gasteiger partial charge in [0.05, 0.1) is 12.1 Å². The molecule has 1 aliphatic carbocycles. The molecule has 5 nitrogen and oxygen atoms in total. The molecule has 1 unspecified atom stereocenters. The summed E-state index contributed by atoms with van der Waals surface area (Å²) in [5.74, 6) is -0.0799. The monoisotopic (exact) mass is 248 g/mol. The summed E-state index contributed by atoms with van der Waals surface area (Å²) in [5, 5.41) is 12.3. The zero-order valence-corrected chi connectivity index (χ0v) is 9.96. The van der Waals surface area contributed by atoms with E-state index in [1.165, 1.54) is 11.3 Å². The van der Waals surface area contributed by atoms with Gasteiger partial charge in [-0.2, -0.15) is 5.10 Å². The van der Waals surface area contributed by atoms with Crippen LogP contribution in [-0.4, -0.2) is 21.1 Å². The molecular weight excluding hydrogens is 236 g/mol. The van der Waals surface area contributed by atoms with Gasteiger partial charge in [0.1, 0.15) is 0 Å². The van der Waals surface area contributed by atoms with Crippen LogP contribution in [0.4, 0.5) is 5.13 Å². The topological polar surface area (TPSA) is 70.7 Å². The molecule has 88 valence electrons. The number of hydrogen-bond donors (Lipinski definition) is 2. The molecule has 1 atom stereocenters. The predicted octanol–water partition coefficient (Wildman–Crippen LogP) is 1.92. The van der Waals surface area contributed by atoms with E-state index in [1.807, 2.05) is 5.38 Å². The SMILES string of the molecule is O=C(Nc1nccs1)C1CCCc2[nH]ncc21. The van der Waals surface area contributed by atoms with E-state index in [0.717, 1.165) is 30.5 Å².